The Hall–Kier alpha value is -3.51. The highest BCUT2D eigenvalue weighted by atomic mass is 32.1. The Balaban J connectivity index is 1.60. The largest absolute Gasteiger partial charge is 0.351 e. The minimum absolute atomic E-state index is 0.0338. The third-order valence-electron chi connectivity index (χ3n) is 5.36. The summed E-state index contributed by atoms with van der Waals surface area (Å²) in [6.07, 6.45) is 5.76. The molecule has 0 radical (unpaired) electrons. The van der Waals surface area contributed by atoms with E-state index < -0.39 is 0 Å². The molecule has 1 N–H and O–H groups in total. The maximum Gasteiger partial charge on any atom is 0.174 e. The number of hydrogen-bond acceptors (Lipinski definition) is 3. The number of thiocarbonyl (C=S) groups is 1. The summed E-state index contributed by atoms with van der Waals surface area (Å²) in [6, 6.07) is 26.4. The number of benzene rings is 1. The van der Waals surface area contributed by atoms with E-state index in [1.807, 2.05) is 67.0 Å². The lowest BCUT2D eigenvalue weighted by molar-refractivity contribution is 0.532. The van der Waals surface area contributed by atoms with E-state index in [0.29, 0.717) is 11.7 Å². The molecule has 0 unspecified atom stereocenters. The number of nitrogens with zero attached hydrogens (tertiary/aromatic N) is 4. The Morgan fingerprint density at radius 1 is 0.833 bits per heavy atom. The van der Waals surface area contributed by atoms with Crippen molar-refractivity contribution in [2.45, 2.75) is 18.6 Å². The van der Waals surface area contributed by atoms with Crippen molar-refractivity contribution in [1.29, 1.82) is 0 Å². The highest BCUT2D eigenvalue weighted by molar-refractivity contribution is 7.80. The lowest BCUT2D eigenvalue weighted by Gasteiger charge is -2.29. The number of para-hydroxylation sites is 1. The maximum absolute atomic E-state index is 5.79. The van der Waals surface area contributed by atoms with Crippen LogP contribution in [-0.2, 0) is 6.54 Å². The molecule has 0 aliphatic carbocycles. The fraction of sp³-hybridized carbons (Fsp3) is 0.125. The number of nitrogens with one attached hydrogen (secondary N) is 1. The standard InChI is InChI=1S/C24H21N5S/c30-24-27-22(20-12-5-7-15-26-20)23(29(24)19-10-2-1-3-11-19)21-13-8-16-28(21)17-18-9-4-6-14-25-18/h1-16,22-23H,17H2,(H,27,30)/t22-,23+/m1/s1. The normalized spacial score (nSPS) is 18.4. The van der Waals surface area contributed by atoms with Crippen molar-refractivity contribution in [2.75, 3.05) is 4.90 Å². The van der Waals surface area contributed by atoms with Crippen LogP contribution in [0.4, 0.5) is 5.69 Å². The van der Waals surface area contributed by atoms with Crippen LogP contribution < -0.4 is 10.2 Å². The second-order valence-corrected chi connectivity index (χ2v) is 7.60. The number of rotatable bonds is 5. The summed E-state index contributed by atoms with van der Waals surface area (Å²) in [6.45, 7) is 0.698. The Kier molecular flexibility index (Phi) is 4.99. The Morgan fingerprint density at radius 2 is 1.60 bits per heavy atom. The molecule has 3 aromatic heterocycles. The number of hydrogen-bond donors (Lipinski definition) is 1. The van der Waals surface area contributed by atoms with Gasteiger partial charge in [-0.25, -0.2) is 0 Å². The first-order valence-electron chi connectivity index (χ1n) is 9.92. The van der Waals surface area contributed by atoms with Gasteiger partial charge in [0.05, 0.1) is 24.0 Å². The summed E-state index contributed by atoms with van der Waals surface area (Å²) in [7, 11) is 0. The molecule has 1 aromatic carbocycles. The molecular formula is C24H21N5S. The van der Waals surface area contributed by atoms with Crippen molar-refractivity contribution in [3.8, 4) is 0 Å². The molecule has 4 aromatic rings. The number of pyridine rings is 2. The van der Waals surface area contributed by atoms with Crippen molar-refractivity contribution in [2.24, 2.45) is 0 Å². The van der Waals surface area contributed by atoms with Gasteiger partial charge in [-0.3, -0.25) is 9.97 Å². The molecule has 1 saturated heterocycles. The van der Waals surface area contributed by atoms with Crippen molar-refractivity contribution in [3.63, 3.8) is 0 Å². The van der Waals surface area contributed by atoms with Gasteiger partial charge in [-0.05, 0) is 60.7 Å². The molecule has 0 bridgehead atoms. The molecule has 6 heteroatoms. The van der Waals surface area contributed by atoms with Gasteiger partial charge in [-0.15, -0.1) is 0 Å². The summed E-state index contributed by atoms with van der Waals surface area (Å²) < 4.78 is 2.24. The zero-order valence-corrected chi connectivity index (χ0v) is 17.1. The van der Waals surface area contributed by atoms with E-state index in [9.17, 15) is 0 Å². The van der Waals surface area contributed by atoms with Crippen LogP contribution in [0, 0.1) is 0 Å². The van der Waals surface area contributed by atoms with Gasteiger partial charge >= 0.3 is 0 Å². The average Bonchev–Trinajstić information content (AvgIpc) is 3.39. The molecule has 1 aliphatic rings. The molecule has 0 spiro atoms. The van der Waals surface area contributed by atoms with Crippen molar-refractivity contribution in [1.82, 2.24) is 19.9 Å². The van der Waals surface area contributed by atoms with Crippen LogP contribution in [0.25, 0.3) is 0 Å². The van der Waals surface area contributed by atoms with Crippen LogP contribution >= 0.6 is 12.2 Å². The van der Waals surface area contributed by atoms with E-state index in [2.05, 4.69) is 55.2 Å². The predicted octanol–water partition coefficient (Wildman–Crippen LogP) is 4.50. The molecule has 148 valence electrons. The van der Waals surface area contributed by atoms with Gasteiger partial charge in [0.2, 0.25) is 0 Å². The van der Waals surface area contributed by atoms with Crippen molar-refractivity contribution >= 4 is 23.0 Å². The third-order valence-corrected chi connectivity index (χ3v) is 5.67. The lowest BCUT2D eigenvalue weighted by atomic mass is 10.0. The van der Waals surface area contributed by atoms with Gasteiger partial charge in [-0.2, -0.15) is 0 Å². The molecule has 4 heterocycles. The lowest BCUT2D eigenvalue weighted by Crippen LogP contribution is -2.30. The summed E-state index contributed by atoms with van der Waals surface area (Å²) in [5.41, 5.74) is 4.20. The molecule has 2 atom stereocenters. The number of aromatic nitrogens is 3. The highest BCUT2D eigenvalue weighted by Gasteiger charge is 2.41. The van der Waals surface area contributed by atoms with Crippen LogP contribution in [0.2, 0.25) is 0 Å². The average molecular weight is 412 g/mol. The second kappa shape index (κ2) is 8.08. The molecule has 0 saturated carbocycles. The van der Waals surface area contributed by atoms with E-state index in [4.69, 9.17) is 12.2 Å². The Bertz CT molecular complexity index is 1130. The first-order valence-corrected chi connectivity index (χ1v) is 10.3. The van der Waals surface area contributed by atoms with Gasteiger partial charge in [0, 0.05) is 30.0 Å². The number of anilines is 1. The first-order chi connectivity index (χ1) is 14.8. The zero-order valence-electron chi connectivity index (χ0n) is 16.3. The molecule has 1 aliphatic heterocycles. The SMILES string of the molecule is S=C1N[C@H](c2ccccn2)[C@H](c2cccn2Cc2ccccn2)N1c1ccccc1. The molecule has 5 rings (SSSR count). The van der Waals surface area contributed by atoms with E-state index in [0.717, 1.165) is 22.8 Å². The van der Waals surface area contributed by atoms with Gasteiger partial charge < -0.3 is 14.8 Å². The topological polar surface area (TPSA) is 46.0 Å². The summed E-state index contributed by atoms with van der Waals surface area (Å²) in [5.74, 6) is 0. The smallest absolute Gasteiger partial charge is 0.174 e. The van der Waals surface area contributed by atoms with Gasteiger partial charge in [-0.1, -0.05) is 30.3 Å². The summed E-state index contributed by atoms with van der Waals surface area (Å²) in [5, 5.41) is 4.22. The second-order valence-electron chi connectivity index (χ2n) is 7.21. The Labute approximate surface area is 181 Å². The van der Waals surface area contributed by atoms with Crippen LogP contribution in [0.1, 0.15) is 29.2 Å². The van der Waals surface area contributed by atoms with E-state index in [-0.39, 0.29) is 12.1 Å². The molecular weight excluding hydrogens is 390 g/mol. The van der Waals surface area contributed by atoms with Crippen molar-refractivity contribution in [3.05, 3.63) is 115 Å². The molecule has 30 heavy (non-hydrogen) atoms. The molecule has 0 amide bonds. The maximum atomic E-state index is 5.79. The summed E-state index contributed by atoms with van der Waals surface area (Å²) >= 11 is 5.79. The van der Waals surface area contributed by atoms with Crippen LogP contribution in [0.15, 0.2) is 97.5 Å². The highest BCUT2D eigenvalue weighted by Crippen LogP contribution is 2.41. The zero-order chi connectivity index (χ0) is 20.3. The van der Waals surface area contributed by atoms with E-state index in [1.165, 1.54) is 0 Å². The quantitative estimate of drug-likeness (QED) is 0.490. The van der Waals surface area contributed by atoms with Gasteiger partial charge in [0.25, 0.3) is 0 Å². The Morgan fingerprint density at radius 3 is 2.33 bits per heavy atom. The fourth-order valence-electron chi connectivity index (χ4n) is 4.03. The van der Waals surface area contributed by atoms with Gasteiger partial charge in [0.15, 0.2) is 5.11 Å². The predicted molar refractivity (Wildman–Crippen MR) is 122 cm³/mol. The van der Waals surface area contributed by atoms with E-state index in [1.54, 1.807) is 0 Å². The van der Waals surface area contributed by atoms with Crippen LogP contribution in [0.5, 0.6) is 0 Å². The first kappa shape index (κ1) is 18.5. The van der Waals surface area contributed by atoms with E-state index >= 15 is 0 Å². The van der Waals surface area contributed by atoms with Gasteiger partial charge in [0.1, 0.15) is 6.04 Å². The van der Waals surface area contributed by atoms with Crippen LogP contribution in [-0.4, -0.2) is 19.6 Å². The minimum Gasteiger partial charge on any atom is -0.351 e. The fourth-order valence-corrected chi connectivity index (χ4v) is 4.37. The molecule has 1 fully saturated rings. The minimum atomic E-state index is -0.0590. The van der Waals surface area contributed by atoms with Crippen LogP contribution in [0.3, 0.4) is 0 Å². The monoisotopic (exact) mass is 411 g/mol. The summed E-state index contributed by atoms with van der Waals surface area (Å²) in [4.78, 5) is 11.3. The molecule has 5 nitrogen and oxygen atoms in total. The third kappa shape index (κ3) is 3.46. The van der Waals surface area contributed by atoms with Crippen molar-refractivity contribution < 1.29 is 0 Å².